The summed E-state index contributed by atoms with van der Waals surface area (Å²) >= 11 is 0. The standard InChI is InChI=1S/C27H36BNO2/c1-3-5-10-20(4-2)26-24-16-7-6-11-21(24)17-18-29(26)19-25(30)22-12-8-14-23(27(28)31)15-9-13-22/h3-7,10-11,16,22-23,26H,2,8-9,12-15,17-19,28H2,1H3/b5-3-,20-10+. The quantitative estimate of drug-likeness (QED) is 0.481. The zero-order valence-corrected chi connectivity index (χ0v) is 19.2. The van der Waals surface area contributed by atoms with Gasteiger partial charge >= 0.3 is 0 Å². The Morgan fingerprint density at radius 2 is 1.81 bits per heavy atom. The predicted molar refractivity (Wildman–Crippen MR) is 131 cm³/mol. The number of benzene rings is 1. The molecule has 3 nitrogen and oxygen atoms in total. The monoisotopic (exact) mass is 417 g/mol. The molecule has 1 heterocycles. The van der Waals surface area contributed by atoms with Crippen LogP contribution in [0.2, 0.25) is 0 Å². The summed E-state index contributed by atoms with van der Waals surface area (Å²) in [5.41, 5.74) is 4.11. The first-order valence-corrected chi connectivity index (χ1v) is 11.9. The number of fused-ring (bicyclic) bond motifs is 1. The normalized spacial score (nSPS) is 25.5. The lowest BCUT2D eigenvalue weighted by Crippen LogP contribution is -2.41. The van der Waals surface area contributed by atoms with Crippen LogP contribution in [-0.4, -0.2) is 37.3 Å². The third-order valence-corrected chi connectivity index (χ3v) is 7.02. The van der Waals surface area contributed by atoms with Crippen LogP contribution in [0.5, 0.6) is 0 Å². The zero-order chi connectivity index (χ0) is 22.2. The summed E-state index contributed by atoms with van der Waals surface area (Å²) in [5.74, 6) is 0.684. The molecule has 1 fully saturated rings. The Balaban J connectivity index is 1.76. The van der Waals surface area contributed by atoms with Crippen LogP contribution in [0.4, 0.5) is 0 Å². The van der Waals surface area contributed by atoms with Crippen molar-refractivity contribution in [3.8, 4) is 0 Å². The van der Waals surface area contributed by atoms with Crippen LogP contribution in [0, 0.1) is 11.8 Å². The molecule has 0 amide bonds. The van der Waals surface area contributed by atoms with E-state index in [1.54, 1.807) is 7.85 Å². The second kappa shape index (κ2) is 11.4. The van der Waals surface area contributed by atoms with E-state index in [0.717, 1.165) is 57.1 Å². The maximum Gasteiger partial charge on any atom is 0.187 e. The molecule has 0 N–H and O–H groups in total. The number of nitrogens with zero attached hydrogens (tertiary/aromatic N) is 1. The summed E-state index contributed by atoms with van der Waals surface area (Å²) in [6.07, 6.45) is 14.8. The maximum atomic E-state index is 13.4. The van der Waals surface area contributed by atoms with Gasteiger partial charge in [-0.05, 0) is 55.7 Å². The number of hydrogen-bond acceptors (Lipinski definition) is 3. The van der Waals surface area contributed by atoms with Crippen molar-refractivity contribution < 1.29 is 9.59 Å². The first-order valence-electron chi connectivity index (χ1n) is 11.9. The van der Waals surface area contributed by atoms with Crippen LogP contribution in [0.1, 0.15) is 62.6 Å². The van der Waals surface area contributed by atoms with Gasteiger partial charge < -0.3 is 4.79 Å². The van der Waals surface area contributed by atoms with E-state index >= 15 is 0 Å². The zero-order valence-electron chi connectivity index (χ0n) is 19.2. The van der Waals surface area contributed by atoms with E-state index in [2.05, 4.69) is 47.9 Å². The van der Waals surface area contributed by atoms with Crippen LogP contribution in [0.15, 0.2) is 60.7 Å². The van der Waals surface area contributed by atoms with Crippen molar-refractivity contribution in [3.05, 3.63) is 71.8 Å². The average molecular weight is 417 g/mol. The van der Waals surface area contributed by atoms with Crippen molar-refractivity contribution in [1.82, 2.24) is 4.90 Å². The van der Waals surface area contributed by atoms with Crippen molar-refractivity contribution in [3.63, 3.8) is 0 Å². The fraction of sp³-hybridized carbons (Fsp3) is 0.481. The number of carbonyl (C=O) groups excluding carboxylic acids is 2. The Bertz CT molecular complexity index is 847. The third kappa shape index (κ3) is 5.95. The van der Waals surface area contributed by atoms with E-state index in [1.165, 1.54) is 11.1 Å². The van der Waals surface area contributed by atoms with Gasteiger partial charge in [0.05, 0.1) is 18.3 Å². The lowest BCUT2D eigenvalue weighted by Gasteiger charge is -2.38. The second-order valence-electron chi connectivity index (χ2n) is 9.05. The van der Waals surface area contributed by atoms with E-state index in [1.807, 2.05) is 19.1 Å². The van der Waals surface area contributed by atoms with E-state index in [0.29, 0.717) is 18.0 Å². The van der Waals surface area contributed by atoms with E-state index in [-0.39, 0.29) is 17.9 Å². The van der Waals surface area contributed by atoms with Gasteiger partial charge in [-0.1, -0.05) is 68.0 Å². The molecule has 1 aliphatic heterocycles. The number of ketones is 1. The summed E-state index contributed by atoms with van der Waals surface area (Å²) in [6, 6.07) is 8.66. The van der Waals surface area contributed by atoms with Gasteiger partial charge in [-0.25, -0.2) is 0 Å². The smallest absolute Gasteiger partial charge is 0.187 e. The van der Waals surface area contributed by atoms with Gasteiger partial charge in [-0.2, -0.15) is 0 Å². The molecule has 1 unspecified atom stereocenters. The van der Waals surface area contributed by atoms with Crippen molar-refractivity contribution >= 4 is 19.3 Å². The third-order valence-electron chi connectivity index (χ3n) is 7.02. The maximum absolute atomic E-state index is 13.4. The molecular formula is C27H36BNO2. The number of rotatable bonds is 7. The van der Waals surface area contributed by atoms with Gasteiger partial charge in [0, 0.05) is 18.4 Å². The number of allylic oxidation sites excluding steroid dienone is 3. The van der Waals surface area contributed by atoms with Crippen LogP contribution < -0.4 is 0 Å². The van der Waals surface area contributed by atoms with Gasteiger partial charge in [0.1, 0.15) is 5.78 Å². The molecule has 0 spiro atoms. The van der Waals surface area contributed by atoms with Gasteiger partial charge in [0.25, 0.3) is 0 Å². The fourth-order valence-corrected chi connectivity index (χ4v) is 5.23. The molecule has 1 atom stereocenters. The van der Waals surface area contributed by atoms with Gasteiger partial charge in [0.2, 0.25) is 0 Å². The minimum Gasteiger partial charge on any atom is -0.312 e. The topological polar surface area (TPSA) is 37.4 Å². The van der Waals surface area contributed by atoms with Gasteiger partial charge in [-0.3, -0.25) is 9.69 Å². The van der Waals surface area contributed by atoms with E-state index in [4.69, 9.17) is 0 Å². The van der Waals surface area contributed by atoms with Crippen LogP contribution in [-0.2, 0) is 16.0 Å². The molecule has 0 bridgehead atoms. The minimum atomic E-state index is 0.0678. The van der Waals surface area contributed by atoms with Crippen molar-refractivity contribution in [2.24, 2.45) is 11.8 Å². The number of carbonyl (C=O) groups is 2. The Kier molecular flexibility index (Phi) is 8.65. The highest BCUT2D eigenvalue weighted by Crippen LogP contribution is 2.36. The summed E-state index contributed by atoms with van der Waals surface area (Å²) < 4.78 is 0. The molecule has 0 saturated heterocycles. The molecule has 1 aliphatic carbocycles. The molecule has 4 heteroatoms. The number of hydrogen-bond donors (Lipinski definition) is 0. The lowest BCUT2D eigenvalue weighted by molar-refractivity contribution is -0.125. The largest absolute Gasteiger partial charge is 0.312 e. The van der Waals surface area contributed by atoms with Gasteiger partial charge in [-0.15, -0.1) is 0 Å². The molecule has 3 rings (SSSR count). The van der Waals surface area contributed by atoms with Crippen LogP contribution in [0.3, 0.4) is 0 Å². The Hall–Kier alpha value is -2.20. The predicted octanol–water partition coefficient (Wildman–Crippen LogP) is 4.59. The fourth-order valence-electron chi connectivity index (χ4n) is 5.23. The summed E-state index contributed by atoms with van der Waals surface area (Å²) in [6.45, 7) is 7.45. The summed E-state index contributed by atoms with van der Waals surface area (Å²) in [7, 11) is 1.71. The van der Waals surface area contributed by atoms with E-state index < -0.39 is 0 Å². The first-order chi connectivity index (χ1) is 15.0. The van der Waals surface area contributed by atoms with Crippen molar-refractivity contribution in [2.75, 3.05) is 13.1 Å². The van der Waals surface area contributed by atoms with E-state index in [9.17, 15) is 9.59 Å². The Morgan fingerprint density at radius 3 is 2.45 bits per heavy atom. The Morgan fingerprint density at radius 1 is 1.13 bits per heavy atom. The van der Waals surface area contributed by atoms with Crippen molar-refractivity contribution in [1.29, 1.82) is 0 Å². The lowest BCUT2D eigenvalue weighted by atomic mass is 9.77. The average Bonchev–Trinajstić information content (AvgIpc) is 2.74. The molecule has 1 aromatic rings. The molecule has 31 heavy (non-hydrogen) atoms. The molecule has 1 aromatic carbocycles. The minimum absolute atomic E-state index is 0.0678. The van der Waals surface area contributed by atoms with Crippen molar-refractivity contribution in [2.45, 2.75) is 57.9 Å². The highest BCUT2D eigenvalue weighted by molar-refractivity contribution is 6.58. The first kappa shape index (κ1) is 23.5. The highest BCUT2D eigenvalue weighted by atomic mass is 16.1. The molecular weight excluding hydrogens is 381 g/mol. The molecule has 0 radical (unpaired) electrons. The molecule has 164 valence electrons. The summed E-state index contributed by atoms with van der Waals surface area (Å²) in [4.78, 5) is 27.5. The summed E-state index contributed by atoms with van der Waals surface area (Å²) in [5, 5.41) is 0. The molecule has 2 aliphatic rings. The second-order valence-corrected chi connectivity index (χ2v) is 9.05. The highest BCUT2D eigenvalue weighted by Gasteiger charge is 2.32. The van der Waals surface area contributed by atoms with Crippen LogP contribution >= 0.6 is 0 Å². The van der Waals surface area contributed by atoms with Gasteiger partial charge in [0.15, 0.2) is 7.85 Å². The Labute approximate surface area is 188 Å². The SMILES string of the molecule is BC(=O)C1CCCC(C(=O)CN2CCc3ccccc3C2/C(C=C)=C/C=C\C)CCC1. The number of Topliss-reactive ketones (excluding diaryl/α,β-unsaturated/α-hetero) is 1. The van der Waals surface area contributed by atoms with Crippen LogP contribution in [0.25, 0.3) is 0 Å². The molecule has 1 saturated carbocycles. The molecule has 0 aromatic heterocycles.